The minimum atomic E-state index is 0.205. The number of carbonyl (C=O) groups is 1. The van der Waals surface area contributed by atoms with Crippen LogP contribution in [0.1, 0.15) is 38.5 Å². The van der Waals surface area contributed by atoms with Crippen LogP contribution in [0.5, 0.6) is 0 Å². The fourth-order valence-electron chi connectivity index (χ4n) is 3.62. The van der Waals surface area contributed by atoms with Crippen LogP contribution in [0.25, 0.3) is 0 Å². The molecule has 2 aliphatic carbocycles. The number of hydrogen-bond acceptors (Lipinski definition) is 1. The number of benzene rings is 1. The van der Waals surface area contributed by atoms with Gasteiger partial charge in [-0.05, 0) is 97.2 Å². The molecule has 1 fully saturated rings. The highest BCUT2D eigenvalue weighted by Crippen LogP contribution is 2.52. The maximum atomic E-state index is 12.6. The van der Waals surface area contributed by atoms with Gasteiger partial charge in [0, 0.05) is 15.2 Å². The van der Waals surface area contributed by atoms with Gasteiger partial charge in [0.25, 0.3) is 0 Å². The third-order valence-electron chi connectivity index (χ3n) is 4.91. The molecule has 1 saturated carbocycles. The Morgan fingerprint density at radius 1 is 0.870 bits per heavy atom. The van der Waals surface area contributed by atoms with Crippen LogP contribution in [0.2, 0.25) is 0 Å². The van der Waals surface area contributed by atoms with Crippen molar-refractivity contribution in [2.24, 2.45) is 17.8 Å². The number of amides is 1. The van der Waals surface area contributed by atoms with Gasteiger partial charge in [0.05, 0.1) is 0 Å². The molecular weight excluding hydrogens is 397 g/mol. The minimum absolute atomic E-state index is 0.205. The molecule has 0 bridgehead atoms. The van der Waals surface area contributed by atoms with Gasteiger partial charge in [-0.2, -0.15) is 0 Å². The Hall–Kier alpha value is -1.10. The molecule has 0 aliphatic heterocycles. The van der Waals surface area contributed by atoms with Crippen molar-refractivity contribution in [3.8, 4) is 0 Å². The van der Waals surface area contributed by atoms with Gasteiger partial charge in [0.1, 0.15) is 0 Å². The van der Waals surface area contributed by atoms with E-state index < -0.39 is 0 Å². The second-order valence-corrected chi connectivity index (χ2v) is 7.77. The summed E-state index contributed by atoms with van der Waals surface area (Å²) in [5, 5.41) is 3.11. The van der Waals surface area contributed by atoms with Gasteiger partial charge in [0.2, 0.25) is 5.91 Å². The lowest BCUT2D eigenvalue weighted by Crippen LogP contribution is -2.15. The Balaban J connectivity index is 1.60. The Labute approximate surface area is 152 Å². The van der Waals surface area contributed by atoms with Crippen molar-refractivity contribution in [3.63, 3.8) is 0 Å². The fourth-order valence-corrected chi connectivity index (χ4v) is 3.98. The molecule has 2 aliphatic rings. The number of halogens is 1. The predicted octanol–water partition coefficient (Wildman–Crippen LogP) is 5.56. The standard InChI is InChI=1S/C20H24INO/c21-15-11-13-16(14-12-15)22-20(23)19-17-9-7-5-3-1-2-4-6-8-10-18(17)19/h3-6,11-14,17-19H,1-2,7-10H2,(H,22,23)/b5-3-,6-4+/t17-,18-,19?/m1/s1. The van der Waals surface area contributed by atoms with Gasteiger partial charge < -0.3 is 5.32 Å². The van der Waals surface area contributed by atoms with Gasteiger partial charge in [-0.25, -0.2) is 0 Å². The number of hydrogen-bond donors (Lipinski definition) is 1. The lowest BCUT2D eigenvalue weighted by molar-refractivity contribution is -0.117. The van der Waals surface area contributed by atoms with E-state index >= 15 is 0 Å². The van der Waals surface area contributed by atoms with Gasteiger partial charge >= 0.3 is 0 Å². The zero-order chi connectivity index (χ0) is 16.1. The SMILES string of the molecule is O=C(Nc1ccc(I)cc1)C1[C@@H]2CC/C=C\CC/C=C/CC[C@@H]12. The lowest BCUT2D eigenvalue weighted by Gasteiger charge is -2.05. The number of carbonyl (C=O) groups excluding carboxylic acids is 1. The van der Waals surface area contributed by atoms with Crippen molar-refractivity contribution < 1.29 is 4.79 Å². The molecule has 1 amide bonds. The Kier molecular flexibility index (Phi) is 5.92. The summed E-state index contributed by atoms with van der Waals surface area (Å²) in [6.07, 6.45) is 15.9. The van der Waals surface area contributed by atoms with Crippen molar-refractivity contribution in [2.45, 2.75) is 38.5 Å². The van der Waals surface area contributed by atoms with Crippen LogP contribution in [0.4, 0.5) is 5.69 Å². The van der Waals surface area contributed by atoms with Crippen LogP contribution in [0.15, 0.2) is 48.6 Å². The molecule has 3 rings (SSSR count). The zero-order valence-corrected chi connectivity index (χ0v) is 15.5. The highest BCUT2D eigenvalue weighted by molar-refractivity contribution is 14.1. The summed E-state index contributed by atoms with van der Waals surface area (Å²) in [5.74, 6) is 1.55. The Bertz CT molecular complexity index is 566. The summed E-state index contributed by atoms with van der Waals surface area (Å²) in [6, 6.07) is 8.03. The molecule has 1 aromatic rings. The first-order chi connectivity index (χ1) is 11.3. The van der Waals surface area contributed by atoms with Crippen LogP contribution in [-0.4, -0.2) is 5.91 Å². The van der Waals surface area contributed by atoms with Crippen molar-refractivity contribution in [3.05, 3.63) is 52.1 Å². The smallest absolute Gasteiger partial charge is 0.228 e. The topological polar surface area (TPSA) is 29.1 Å². The fraction of sp³-hybridized carbons (Fsp3) is 0.450. The van der Waals surface area contributed by atoms with Crippen molar-refractivity contribution in [1.82, 2.24) is 0 Å². The third kappa shape index (κ3) is 4.69. The second kappa shape index (κ2) is 8.13. The largest absolute Gasteiger partial charge is 0.326 e. The van der Waals surface area contributed by atoms with E-state index in [0.717, 1.165) is 44.2 Å². The third-order valence-corrected chi connectivity index (χ3v) is 5.63. The van der Waals surface area contributed by atoms with Crippen LogP contribution >= 0.6 is 22.6 Å². The monoisotopic (exact) mass is 421 g/mol. The Morgan fingerprint density at radius 2 is 1.39 bits per heavy atom. The Morgan fingerprint density at radius 3 is 1.96 bits per heavy atom. The van der Waals surface area contributed by atoms with Gasteiger partial charge in [-0.3, -0.25) is 4.79 Å². The molecule has 0 aromatic heterocycles. The summed E-state index contributed by atoms with van der Waals surface area (Å²) in [5.41, 5.74) is 0.914. The van der Waals surface area contributed by atoms with Crippen molar-refractivity contribution in [1.29, 1.82) is 0 Å². The lowest BCUT2D eigenvalue weighted by atomic mass is 10.1. The highest BCUT2D eigenvalue weighted by Gasteiger charge is 2.52. The number of rotatable bonds is 2. The number of nitrogens with one attached hydrogen (secondary N) is 1. The molecule has 1 aromatic carbocycles. The first kappa shape index (κ1) is 16.7. The summed E-state index contributed by atoms with van der Waals surface area (Å²) in [7, 11) is 0. The zero-order valence-electron chi connectivity index (χ0n) is 13.4. The van der Waals surface area contributed by atoms with E-state index in [1.54, 1.807) is 0 Å². The number of fused-ring (bicyclic) bond motifs is 1. The molecule has 0 saturated heterocycles. The minimum Gasteiger partial charge on any atom is -0.326 e. The van der Waals surface area contributed by atoms with E-state index in [9.17, 15) is 4.79 Å². The first-order valence-electron chi connectivity index (χ1n) is 8.62. The van der Waals surface area contributed by atoms with Crippen LogP contribution in [0, 0.1) is 21.3 Å². The number of anilines is 1. The second-order valence-electron chi connectivity index (χ2n) is 6.52. The van der Waals surface area contributed by atoms with Gasteiger partial charge in [-0.15, -0.1) is 0 Å². The van der Waals surface area contributed by atoms with Crippen molar-refractivity contribution in [2.75, 3.05) is 5.32 Å². The average Bonchev–Trinajstić information content (AvgIpc) is 3.22. The molecule has 3 heteroatoms. The van der Waals surface area contributed by atoms with E-state index in [1.165, 1.54) is 3.57 Å². The van der Waals surface area contributed by atoms with Crippen LogP contribution in [-0.2, 0) is 4.79 Å². The summed E-state index contributed by atoms with van der Waals surface area (Å²) < 4.78 is 1.19. The average molecular weight is 421 g/mol. The normalized spacial score (nSPS) is 30.2. The molecule has 3 atom stereocenters. The maximum absolute atomic E-state index is 12.6. The molecular formula is C20H24INO. The quantitative estimate of drug-likeness (QED) is 0.492. The van der Waals surface area contributed by atoms with Gasteiger partial charge in [0.15, 0.2) is 0 Å². The summed E-state index contributed by atoms with van der Waals surface area (Å²) in [4.78, 5) is 12.6. The summed E-state index contributed by atoms with van der Waals surface area (Å²) in [6.45, 7) is 0. The number of allylic oxidation sites excluding steroid dienone is 4. The molecule has 1 N–H and O–H groups in total. The van der Waals surface area contributed by atoms with Gasteiger partial charge in [-0.1, -0.05) is 24.3 Å². The molecule has 0 heterocycles. The van der Waals surface area contributed by atoms with E-state index in [1.807, 2.05) is 24.3 Å². The van der Waals surface area contributed by atoms with Crippen LogP contribution in [0.3, 0.4) is 0 Å². The van der Waals surface area contributed by atoms with E-state index in [2.05, 4.69) is 52.2 Å². The van der Waals surface area contributed by atoms with E-state index in [4.69, 9.17) is 0 Å². The molecule has 2 nitrogen and oxygen atoms in total. The maximum Gasteiger partial charge on any atom is 0.228 e. The molecule has 0 radical (unpaired) electrons. The van der Waals surface area contributed by atoms with Crippen LogP contribution < -0.4 is 5.32 Å². The predicted molar refractivity (Wildman–Crippen MR) is 104 cm³/mol. The first-order valence-corrected chi connectivity index (χ1v) is 9.70. The van der Waals surface area contributed by atoms with Crippen molar-refractivity contribution >= 4 is 34.2 Å². The summed E-state index contributed by atoms with van der Waals surface area (Å²) >= 11 is 2.28. The highest BCUT2D eigenvalue weighted by atomic mass is 127. The van der Waals surface area contributed by atoms with E-state index in [0.29, 0.717) is 11.8 Å². The molecule has 0 spiro atoms. The molecule has 23 heavy (non-hydrogen) atoms. The molecule has 122 valence electrons. The molecule has 1 unspecified atom stereocenters. The van der Waals surface area contributed by atoms with E-state index in [-0.39, 0.29) is 11.8 Å².